The van der Waals surface area contributed by atoms with E-state index in [9.17, 15) is 14.0 Å². The molecule has 0 aromatic heterocycles. The largest absolute Gasteiger partial charge is 0.293 e. The van der Waals surface area contributed by atoms with Gasteiger partial charge in [-0.3, -0.25) is 14.5 Å². The van der Waals surface area contributed by atoms with Crippen molar-refractivity contribution in [3.63, 3.8) is 0 Å². The number of rotatable bonds is 3. The van der Waals surface area contributed by atoms with Gasteiger partial charge in [0.05, 0.1) is 11.4 Å². The first-order chi connectivity index (χ1) is 13.0. The standard InChI is InChI=1S/C21H13BrFNO2S/c22-16-8-9-18(23)15(10-16)11-19-20(25)24(21(26)27-19)12-14-6-3-5-13-4-1-2-7-17(13)14/h1-11H,12H2/b19-11-. The van der Waals surface area contributed by atoms with Gasteiger partial charge in [-0.15, -0.1) is 0 Å². The fourth-order valence-electron chi connectivity index (χ4n) is 3.00. The highest BCUT2D eigenvalue weighted by molar-refractivity contribution is 9.10. The van der Waals surface area contributed by atoms with Crippen molar-refractivity contribution in [2.24, 2.45) is 0 Å². The molecule has 1 aliphatic rings. The summed E-state index contributed by atoms with van der Waals surface area (Å²) >= 11 is 4.12. The summed E-state index contributed by atoms with van der Waals surface area (Å²) in [6.07, 6.45) is 1.42. The molecule has 3 aromatic carbocycles. The molecule has 2 amide bonds. The first-order valence-electron chi connectivity index (χ1n) is 8.20. The molecule has 0 spiro atoms. The highest BCUT2D eigenvalue weighted by atomic mass is 79.9. The molecule has 3 nitrogen and oxygen atoms in total. The number of hydrogen-bond donors (Lipinski definition) is 0. The molecule has 0 atom stereocenters. The van der Waals surface area contributed by atoms with Gasteiger partial charge in [-0.05, 0) is 52.4 Å². The van der Waals surface area contributed by atoms with Gasteiger partial charge in [-0.1, -0.05) is 58.4 Å². The van der Waals surface area contributed by atoms with Gasteiger partial charge in [0.25, 0.3) is 11.1 Å². The minimum absolute atomic E-state index is 0.185. The van der Waals surface area contributed by atoms with Crippen molar-refractivity contribution < 1.29 is 14.0 Å². The zero-order valence-corrected chi connectivity index (χ0v) is 16.4. The molecule has 1 saturated heterocycles. The molecule has 1 fully saturated rings. The van der Waals surface area contributed by atoms with Crippen LogP contribution in [-0.4, -0.2) is 16.0 Å². The fourth-order valence-corrected chi connectivity index (χ4v) is 4.21. The summed E-state index contributed by atoms with van der Waals surface area (Å²) in [5.74, 6) is -0.851. The molecule has 0 N–H and O–H groups in total. The van der Waals surface area contributed by atoms with Crippen LogP contribution in [0.5, 0.6) is 0 Å². The second-order valence-corrected chi connectivity index (χ2v) is 7.98. The summed E-state index contributed by atoms with van der Waals surface area (Å²) in [6.45, 7) is 0.185. The van der Waals surface area contributed by atoms with E-state index in [0.29, 0.717) is 4.47 Å². The molecule has 0 radical (unpaired) electrons. The van der Waals surface area contributed by atoms with E-state index in [0.717, 1.165) is 28.1 Å². The minimum atomic E-state index is -0.445. The Hall–Kier alpha value is -2.44. The molecule has 0 unspecified atom stereocenters. The molecular formula is C21H13BrFNO2S. The SMILES string of the molecule is O=C1S/C(=C\c2cc(Br)ccc2F)C(=O)N1Cc1cccc2ccccc12. The van der Waals surface area contributed by atoms with Crippen LogP contribution in [0.1, 0.15) is 11.1 Å². The number of thioether (sulfide) groups is 1. The summed E-state index contributed by atoms with van der Waals surface area (Å²) in [6, 6.07) is 18.1. The lowest BCUT2D eigenvalue weighted by molar-refractivity contribution is -0.123. The third kappa shape index (κ3) is 3.55. The maximum absolute atomic E-state index is 14.0. The zero-order chi connectivity index (χ0) is 19.0. The molecule has 6 heteroatoms. The van der Waals surface area contributed by atoms with Gasteiger partial charge in [0.15, 0.2) is 0 Å². The number of fused-ring (bicyclic) bond motifs is 1. The van der Waals surface area contributed by atoms with E-state index in [4.69, 9.17) is 0 Å². The number of carbonyl (C=O) groups is 2. The van der Waals surface area contributed by atoms with Crippen LogP contribution >= 0.6 is 27.7 Å². The lowest BCUT2D eigenvalue weighted by atomic mass is 10.0. The van der Waals surface area contributed by atoms with Gasteiger partial charge in [-0.2, -0.15) is 0 Å². The number of nitrogens with zero attached hydrogens (tertiary/aromatic N) is 1. The highest BCUT2D eigenvalue weighted by Gasteiger charge is 2.35. The van der Waals surface area contributed by atoms with Gasteiger partial charge in [-0.25, -0.2) is 4.39 Å². The van der Waals surface area contributed by atoms with Crippen molar-refractivity contribution in [3.8, 4) is 0 Å². The number of imide groups is 1. The van der Waals surface area contributed by atoms with Crippen molar-refractivity contribution in [1.82, 2.24) is 4.90 Å². The van der Waals surface area contributed by atoms with Gasteiger partial charge < -0.3 is 0 Å². The third-order valence-electron chi connectivity index (χ3n) is 4.33. The first-order valence-corrected chi connectivity index (χ1v) is 9.81. The van der Waals surface area contributed by atoms with Gasteiger partial charge >= 0.3 is 0 Å². The highest BCUT2D eigenvalue weighted by Crippen LogP contribution is 2.34. The number of benzene rings is 3. The summed E-state index contributed by atoms with van der Waals surface area (Å²) in [5.41, 5.74) is 1.16. The van der Waals surface area contributed by atoms with E-state index in [2.05, 4.69) is 15.9 Å². The maximum Gasteiger partial charge on any atom is 0.293 e. The van der Waals surface area contributed by atoms with Crippen LogP contribution in [0, 0.1) is 5.82 Å². The molecule has 134 valence electrons. The lowest BCUT2D eigenvalue weighted by Crippen LogP contribution is -2.27. The third-order valence-corrected chi connectivity index (χ3v) is 5.73. The van der Waals surface area contributed by atoms with Crippen LogP contribution < -0.4 is 0 Å². The molecule has 0 bridgehead atoms. The Morgan fingerprint density at radius 3 is 2.67 bits per heavy atom. The Morgan fingerprint density at radius 1 is 1.04 bits per heavy atom. The number of amides is 2. The molecule has 0 saturated carbocycles. The van der Waals surface area contributed by atoms with E-state index in [1.54, 1.807) is 12.1 Å². The van der Waals surface area contributed by atoms with Crippen molar-refractivity contribution in [1.29, 1.82) is 0 Å². The monoisotopic (exact) mass is 441 g/mol. The Kier molecular flexibility index (Phi) is 4.85. The number of hydrogen-bond acceptors (Lipinski definition) is 3. The van der Waals surface area contributed by atoms with Crippen LogP contribution in [0.4, 0.5) is 9.18 Å². The van der Waals surface area contributed by atoms with Gasteiger partial charge in [0.2, 0.25) is 0 Å². The smallest absolute Gasteiger partial charge is 0.268 e. The second-order valence-electron chi connectivity index (χ2n) is 6.07. The topological polar surface area (TPSA) is 37.4 Å². The zero-order valence-electron chi connectivity index (χ0n) is 14.0. The molecule has 4 rings (SSSR count). The van der Waals surface area contributed by atoms with E-state index in [-0.39, 0.29) is 22.3 Å². The van der Waals surface area contributed by atoms with Gasteiger partial charge in [0.1, 0.15) is 5.82 Å². The Labute approximate surface area is 168 Å². The van der Waals surface area contributed by atoms with E-state index < -0.39 is 11.7 Å². The average Bonchev–Trinajstić information content (AvgIpc) is 2.92. The van der Waals surface area contributed by atoms with Crippen LogP contribution in [0.3, 0.4) is 0 Å². The van der Waals surface area contributed by atoms with Crippen LogP contribution in [0.25, 0.3) is 16.8 Å². The quantitative estimate of drug-likeness (QED) is 0.469. The van der Waals surface area contributed by atoms with E-state index >= 15 is 0 Å². The van der Waals surface area contributed by atoms with Crippen molar-refractivity contribution in [2.75, 3.05) is 0 Å². The predicted octanol–water partition coefficient (Wildman–Crippen LogP) is 5.98. The predicted molar refractivity (Wildman–Crippen MR) is 110 cm³/mol. The van der Waals surface area contributed by atoms with Crippen molar-refractivity contribution in [3.05, 3.63) is 87.0 Å². The van der Waals surface area contributed by atoms with Crippen molar-refractivity contribution in [2.45, 2.75) is 6.54 Å². The summed E-state index contributed by atoms with van der Waals surface area (Å²) in [4.78, 5) is 26.6. The molecular weight excluding hydrogens is 429 g/mol. The minimum Gasteiger partial charge on any atom is -0.268 e. The molecule has 27 heavy (non-hydrogen) atoms. The Morgan fingerprint density at radius 2 is 1.81 bits per heavy atom. The average molecular weight is 442 g/mol. The van der Waals surface area contributed by atoms with Crippen molar-refractivity contribution >= 4 is 55.7 Å². The summed E-state index contributed by atoms with van der Waals surface area (Å²) < 4.78 is 14.7. The van der Waals surface area contributed by atoms with E-state index in [1.807, 2.05) is 42.5 Å². The summed E-state index contributed by atoms with van der Waals surface area (Å²) in [5, 5.41) is 1.70. The van der Waals surface area contributed by atoms with E-state index in [1.165, 1.54) is 17.0 Å². The number of halogens is 2. The molecule has 1 heterocycles. The maximum atomic E-state index is 14.0. The second kappa shape index (κ2) is 7.29. The van der Waals surface area contributed by atoms with Crippen LogP contribution in [0.15, 0.2) is 70.0 Å². The Bertz CT molecular complexity index is 1110. The number of carbonyl (C=O) groups excluding carboxylic acids is 2. The first kappa shape index (κ1) is 17.9. The fraction of sp³-hybridized carbons (Fsp3) is 0.0476. The normalized spacial score (nSPS) is 15.9. The molecule has 3 aromatic rings. The lowest BCUT2D eigenvalue weighted by Gasteiger charge is -2.14. The van der Waals surface area contributed by atoms with Gasteiger partial charge in [0, 0.05) is 10.0 Å². The van der Waals surface area contributed by atoms with Crippen LogP contribution in [-0.2, 0) is 11.3 Å². The molecule has 0 aliphatic carbocycles. The summed E-state index contributed by atoms with van der Waals surface area (Å²) in [7, 11) is 0. The Balaban J connectivity index is 1.65. The molecule has 1 aliphatic heterocycles. The van der Waals surface area contributed by atoms with Crippen LogP contribution in [0.2, 0.25) is 0 Å².